The van der Waals surface area contributed by atoms with Crippen LogP contribution in [0.5, 0.6) is 0 Å². The second-order valence-electron chi connectivity index (χ2n) is 27.5. The third-order valence-electron chi connectivity index (χ3n) is 17.2. The van der Waals surface area contributed by atoms with Crippen LogP contribution in [0.1, 0.15) is 370 Å². The summed E-state index contributed by atoms with van der Waals surface area (Å²) < 4.78 is 68.3. The summed E-state index contributed by atoms with van der Waals surface area (Å²) in [6, 6.07) is 0. The van der Waals surface area contributed by atoms with E-state index in [9.17, 15) is 43.2 Å². The van der Waals surface area contributed by atoms with Gasteiger partial charge in [0.2, 0.25) is 0 Å². The quantitative estimate of drug-likeness (QED) is 0.0222. The van der Waals surface area contributed by atoms with Crippen LogP contribution in [0.3, 0.4) is 0 Å². The monoisotopic (exact) mass is 1350 g/mol. The maximum atomic E-state index is 13.1. The normalized spacial score (nSPS) is 14.4. The average Bonchev–Trinajstić information content (AvgIpc) is 3.58. The van der Waals surface area contributed by atoms with Crippen molar-refractivity contribution in [3.8, 4) is 0 Å². The van der Waals surface area contributed by atoms with Gasteiger partial charge in [-0.05, 0) is 43.4 Å². The number of phosphoric acid groups is 2. The van der Waals surface area contributed by atoms with Gasteiger partial charge in [0.15, 0.2) is 12.2 Å². The molecule has 0 radical (unpaired) electrons. The highest BCUT2D eigenvalue weighted by atomic mass is 31.2. The minimum absolute atomic E-state index is 0.106. The fourth-order valence-electron chi connectivity index (χ4n) is 11.0. The van der Waals surface area contributed by atoms with Gasteiger partial charge in [0, 0.05) is 25.7 Å². The lowest BCUT2D eigenvalue weighted by atomic mass is 9.99. The molecule has 92 heavy (non-hydrogen) atoms. The van der Waals surface area contributed by atoms with Gasteiger partial charge < -0.3 is 33.8 Å². The van der Waals surface area contributed by atoms with Gasteiger partial charge in [-0.2, -0.15) is 0 Å². The smallest absolute Gasteiger partial charge is 0.462 e. The molecule has 3 N–H and O–H groups in total. The molecule has 3 unspecified atom stereocenters. The second kappa shape index (κ2) is 63.8. The van der Waals surface area contributed by atoms with Crippen LogP contribution in [0.15, 0.2) is 0 Å². The molecule has 19 heteroatoms. The summed E-state index contributed by atoms with van der Waals surface area (Å²) in [5.74, 6) is 0.244. The number of aliphatic hydroxyl groups is 1. The number of ether oxygens (including phenoxy) is 4. The van der Waals surface area contributed by atoms with Gasteiger partial charge in [0.05, 0.1) is 26.4 Å². The Morgan fingerprint density at radius 2 is 0.554 bits per heavy atom. The maximum absolute atomic E-state index is 13.1. The van der Waals surface area contributed by atoms with Crippen molar-refractivity contribution < 1.29 is 80.2 Å². The van der Waals surface area contributed by atoms with E-state index in [4.69, 9.17) is 37.0 Å². The van der Waals surface area contributed by atoms with Crippen molar-refractivity contribution in [2.75, 3.05) is 39.6 Å². The van der Waals surface area contributed by atoms with Crippen LogP contribution in [0, 0.1) is 17.8 Å². The van der Waals surface area contributed by atoms with Crippen LogP contribution in [-0.4, -0.2) is 96.7 Å². The molecule has 0 aliphatic rings. The molecule has 0 amide bonds. The zero-order valence-corrected chi connectivity index (χ0v) is 61.8. The molecule has 0 heterocycles. The van der Waals surface area contributed by atoms with Crippen LogP contribution < -0.4 is 0 Å². The van der Waals surface area contributed by atoms with Crippen LogP contribution in [0.2, 0.25) is 0 Å². The highest BCUT2D eigenvalue weighted by molar-refractivity contribution is 7.47. The molecule has 0 aliphatic heterocycles. The predicted octanol–water partition coefficient (Wildman–Crippen LogP) is 21.0. The Hall–Kier alpha value is -1.94. The summed E-state index contributed by atoms with van der Waals surface area (Å²) in [5.41, 5.74) is 0. The Morgan fingerprint density at radius 1 is 0.315 bits per heavy atom. The van der Waals surface area contributed by atoms with Gasteiger partial charge in [-0.1, -0.05) is 318 Å². The molecule has 0 rings (SSSR count). The van der Waals surface area contributed by atoms with Crippen molar-refractivity contribution in [3.05, 3.63) is 0 Å². The van der Waals surface area contributed by atoms with Gasteiger partial charge in [0.1, 0.15) is 19.3 Å². The molecular weight excluding hydrogens is 1210 g/mol. The Balaban J connectivity index is 5.21. The van der Waals surface area contributed by atoms with Crippen molar-refractivity contribution >= 4 is 39.5 Å². The van der Waals surface area contributed by atoms with E-state index in [0.29, 0.717) is 25.7 Å². The number of aliphatic hydroxyl groups excluding tert-OH is 1. The minimum Gasteiger partial charge on any atom is -0.462 e. The molecule has 0 spiro atoms. The third kappa shape index (κ3) is 65.4. The minimum atomic E-state index is -4.95. The number of hydrogen-bond acceptors (Lipinski definition) is 15. The number of phosphoric ester groups is 2. The van der Waals surface area contributed by atoms with Crippen molar-refractivity contribution in [2.24, 2.45) is 17.8 Å². The van der Waals surface area contributed by atoms with Crippen LogP contribution in [0.25, 0.3) is 0 Å². The first-order valence-corrected chi connectivity index (χ1v) is 40.9. The summed E-state index contributed by atoms with van der Waals surface area (Å²) in [6.45, 7) is 11.9. The number of carbonyl (C=O) groups excluding carboxylic acids is 4. The number of hydrogen-bond donors (Lipinski definition) is 3. The molecule has 0 aromatic rings. The first kappa shape index (κ1) is 90.1. The van der Waals surface area contributed by atoms with E-state index < -0.39 is 97.5 Å². The van der Waals surface area contributed by atoms with Crippen LogP contribution >= 0.6 is 15.6 Å². The van der Waals surface area contributed by atoms with Crippen LogP contribution in [-0.2, 0) is 65.4 Å². The summed E-state index contributed by atoms with van der Waals surface area (Å²) in [7, 11) is -9.90. The Kier molecular flexibility index (Phi) is 62.4. The number of rotatable bonds is 71. The van der Waals surface area contributed by atoms with Gasteiger partial charge in [0.25, 0.3) is 0 Å². The predicted molar refractivity (Wildman–Crippen MR) is 372 cm³/mol. The topological polar surface area (TPSA) is 237 Å². The Morgan fingerprint density at radius 3 is 0.826 bits per heavy atom. The average molecular weight is 1350 g/mol. The molecule has 0 saturated heterocycles. The third-order valence-corrected chi connectivity index (χ3v) is 19.1. The largest absolute Gasteiger partial charge is 0.472 e. The lowest BCUT2D eigenvalue weighted by Gasteiger charge is -2.21. The Bertz CT molecular complexity index is 1800. The van der Waals surface area contributed by atoms with E-state index in [1.807, 2.05) is 0 Å². The second-order valence-corrected chi connectivity index (χ2v) is 30.4. The molecule has 0 aliphatic carbocycles. The zero-order valence-electron chi connectivity index (χ0n) is 60.0. The lowest BCUT2D eigenvalue weighted by molar-refractivity contribution is -0.161. The molecule has 0 saturated carbocycles. The fourth-order valence-corrected chi connectivity index (χ4v) is 12.6. The maximum Gasteiger partial charge on any atom is 0.472 e. The van der Waals surface area contributed by atoms with E-state index >= 15 is 0 Å². The standard InChI is InChI=1S/C73H142O17P2/c1-8-10-11-12-30-40-47-54-70(75)83-60-68(89-73(78)57-50-43-36-29-23-22-26-33-39-46-53-66(7)9-2)62-87-91(79,80)85-58-67(74)59-86-92(81,82)88-63-69(61-84-71(76)55-48-41-34-27-21-17-19-25-32-38-45-52-65(5)6)90-72(77)56-49-42-35-28-20-16-14-13-15-18-24-31-37-44-51-64(3)4/h64-69,74H,8-63H2,1-7H3,(H,79,80)(H,81,82)/t66?,67-,68+,69+/m0/s1. The molecule has 0 bridgehead atoms. The van der Waals surface area contributed by atoms with Crippen molar-refractivity contribution in [1.29, 1.82) is 0 Å². The molecule has 0 aromatic heterocycles. The first-order valence-electron chi connectivity index (χ1n) is 37.9. The van der Waals surface area contributed by atoms with E-state index in [-0.39, 0.29) is 25.7 Å². The highest BCUT2D eigenvalue weighted by Crippen LogP contribution is 2.45. The summed E-state index contributed by atoms with van der Waals surface area (Å²) >= 11 is 0. The van der Waals surface area contributed by atoms with Gasteiger partial charge in [-0.15, -0.1) is 0 Å². The zero-order chi connectivity index (χ0) is 68.0. The fraction of sp³-hybridized carbons (Fsp3) is 0.945. The molecule has 6 atom stereocenters. The van der Waals surface area contributed by atoms with Crippen molar-refractivity contribution in [1.82, 2.24) is 0 Å². The van der Waals surface area contributed by atoms with Crippen molar-refractivity contribution in [2.45, 2.75) is 388 Å². The van der Waals surface area contributed by atoms with Crippen LogP contribution in [0.4, 0.5) is 0 Å². The Labute approximate surface area is 562 Å². The molecule has 0 aromatic carbocycles. The SMILES string of the molecule is CCCCCCCCCC(=O)OC[C@H](COP(=O)(O)OC[C@H](O)COP(=O)(O)OC[C@@H](COC(=O)CCCCCCCCCCCCCC(C)C)OC(=O)CCCCCCCCCCCCCCCCC(C)C)OC(=O)CCCCCCCCCCCCC(C)CC. The lowest BCUT2D eigenvalue weighted by Crippen LogP contribution is -2.30. The van der Waals surface area contributed by atoms with E-state index in [1.54, 1.807) is 0 Å². The first-order chi connectivity index (χ1) is 44.3. The molecular formula is C73H142O17P2. The van der Waals surface area contributed by atoms with E-state index in [0.717, 1.165) is 120 Å². The molecule has 17 nitrogen and oxygen atoms in total. The van der Waals surface area contributed by atoms with E-state index in [1.165, 1.54) is 167 Å². The summed E-state index contributed by atoms with van der Waals surface area (Å²) in [6.07, 6.45) is 48.6. The van der Waals surface area contributed by atoms with Gasteiger partial charge >= 0.3 is 39.5 Å². The van der Waals surface area contributed by atoms with Gasteiger partial charge in [-0.25, -0.2) is 9.13 Å². The van der Waals surface area contributed by atoms with Gasteiger partial charge in [-0.3, -0.25) is 37.3 Å². The van der Waals surface area contributed by atoms with E-state index in [2.05, 4.69) is 48.5 Å². The summed E-state index contributed by atoms with van der Waals surface area (Å²) in [5, 5.41) is 10.6. The highest BCUT2D eigenvalue weighted by Gasteiger charge is 2.30. The number of unbranched alkanes of at least 4 members (excludes halogenated alkanes) is 38. The van der Waals surface area contributed by atoms with Crippen molar-refractivity contribution in [3.63, 3.8) is 0 Å². The molecule has 546 valence electrons. The number of carbonyl (C=O) groups is 4. The number of esters is 4. The summed E-state index contributed by atoms with van der Waals surface area (Å²) in [4.78, 5) is 72.6. The molecule has 0 fully saturated rings.